The van der Waals surface area contributed by atoms with E-state index < -0.39 is 5.41 Å². The van der Waals surface area contributed by atoms with Crippen molar-refractivity contribution in [2.45, 2.75) is 25.7 Å². The SMILES string of the molecule is C=C1NC(=O)N(c2ccc(C(C)(C)C#N)cc2)C2=C1C=CCc1ccc(-c3ccc(OC)nc3)nc12. The number of allylic oxidation sites excluding steroid dienone is 2. The first-order valence-corrected chi connectivity index (χ1v) is 11.6. The van der Waals surface area contributed by atoms with E-state index in [4.69, 9.17) is 9.72 Å². The monoisotopic (exact) mass is 475 g/mol. The molecule has 1 aromatic carbocycles. The second-order valence-electron chi connectivity index (χ2n) is 9.19. The van der Waals surface area contributed by atoms with Crippen LogP contribution in [-0.4, -0.2) is 23.1 Å². The van der Waals surface area contributed by atoms with Crippen molar-refractivity contribution >= 4 is 17.4 Å². The Kier molecular flexibility index (Phi) is 5.65. The summed E-state index contributed by atoms with van der Waals surface area (Å²) in [7, 11) is 1.58. The average Bonchev–Trinajstić information content (AvgIpc) is 3.09. The first kappa shape index (κ1) is 23.1. The van der Waals surface area contributed by atoms with Crippen LogP contribution in [0.15, 0.2) is 84.7 Å². The van der Waals surface area contributed by atoms with Crippen LogP contribution in [-0.2, 0) is 11.8 Å². The standard InChI is InChI=1S/C29H25N5O2/c1-18-23-7-5-6-19-8-14-24(20-9-15-25(36-4)31-16-20)33-26(19)27(23)34(28(35)32-18)22-12-10-21(11-13-22)29(2,3)17-30/h5,7-16H,1,6H2,2-4H3,(H,32,35). The number of nitrogens with zero attached hydrogens (tertiary/aromatic N) is 4. The highest BCUT2D eigenvalue weighted by Gasteiger charge is 2.33. The van der Waals surface area contributed by atoms with E-state index in [9.17, 15) is 10.1 Å². The molecule has 0 spiro atoms. The molecular formula is C29H25N5O2. The van der Waals surface area contributed by atoms with Crippen LogP contribution in [0.2, 0.25) is 0 Å². The predicted molar refractivity (Wildman–Crippen MR) is 139 cm³/mol. The van der Waals surface area contributed by atoms with Crippen LogP contribution in [0.25, 0.3) is 17.0 Å². The minimum absolute atomic E-state index is 0.314. The summed E-state index contributed by atoms with van der Waals surface area (Å²) in [6.45, 7) is 7.83. The van der Waals surface area contributed by atoms with Crippen LogP contribution >= 0.6 is 0 Å². The molecule has 36 heavy (non-hydrogen) atoms. The molecule has 7 heteroatoms. The minimum Gasteiger partial charge on any atom is -0.481 e. The van der Waals surface area contributed by atoms with E-state index in [2.05, 4.69) is 29.0 Å². The molecule has 0 saturated heterocycles. The molecule has 0 fully saturated rings. The Labute approximate surface area is 210 Å². The number of fused-ring (bicyclic) bond motifs is 2. The molecule has 3 heterocycles. The summed E-state index contributed by atoms with van der Waals surface area (Å²) in [5.41, 5.74) is 6.18. The second-order valence-corrected chi connectivity index (χ2v) is 9.19. The van der Waals surface area contributed by atoms with Crippen LogP contribution in [0.5, 0.6) is 5.88 Å². The van der Waals surface area contributed by atoms with Crippen LogP contribution in [0.1, 0.15) is 30.7 Å². The largest absolute Gasteiger partial charge is 0.481 e. The van der Waals surface area contributed by atoms with Gasteiger partial charge in [0.15, 0.2) is 0 Å². The van der Waals surface area contributed by atoms with Crippen molar-refractivity contribution in [3.63, 3.8) is 0 Å². The van der Waals surface area contributed by atoms with Crippen molar-refractivity contribution in [1.82, 2.24) is 15.3 Å². The van der Waals surface area contributed by atoms with Crippen molar-refractivity contribution in [2.24, 2.45) is 0 Å². The smallest absolute Gasteiger partial charge is 0.331 e. The van der Waals surface area contributed by atoms with Gasteiger partial charge < -0.3 is 10.1 Å². The van der Waals surface area contributed by atoms with E-state index in [-0.39, 0.29) is 6.03 Å². The number of benzene rings is 1. The molecule has 7 nitrogen and oxygen atoms in total. The van der Waals surface area contributed by atoms with Gasteiger partial charge in [0.1, 0.15) is 0 Å². The molecule has 0 radical (unpaired) electrons. The zero-order valence-electron chi connectivity index (χ0n) is 20.4. The topological polar surface area (TPSA) is 91.1 Å². The van der Waals surface area contributed by atoms with Gasteiger partial charge in [-0.25, -0.2) is 14.8 Å². The maximum atomic E-state index is 13.3. The Morgan fingerprint density at radius 3 is 2.58 bits per heavy atom. The summed E-state index contributed by atoms with van der Waals surface area (Å²) in [6, 6.07) is 17.2. The highest BCUT2D eigenvalue weighted by atomic mass is 16.5. The minimum atomic E-state index is -0.637. The van der Waals surface area contributed by atoms with Crippen LogP contribution in [0, 0.1) is 11.3 Å². The normalized spacial score (nSPS) is 15.0. The number of amides is 2. The van der Waals surface area contributed by atoms with Gasteiger partial charge >= 0.3 is 6.03 Å². The Morgan fingerprint density at radius 1 is 1.14 bits per heavy atom. The van der Waals surface area contributed by atoms with E-state index in [1.54, 1.807) is 24.3 Å². The van der Waals surface area contributed by atoms with Gasteiger partial charge in [0.05, 0.1) is 41.4 Å². The van der Waals surface area contributed by atoms with Crippen molar-refractivity contribution < 1.29 is 9.53 Å². The molecule has 1 aliphatic heterocycles. The number of carbonyl (C=O) groups excluding carboxylic acids is 1. The lowest BCUT2D eigenvalue weighted by Crippen LogP contribution is -2.43. The van der Waals surface area contributed by atoms with Crippen molar-refractivity contribution in [2.75, 3.05) is 12.0 Å². The number of nitrogens with one attached hydrogen (secondary N) is 1. The molecule has 0 bridgehead atoms. The third kappa shape index (κ3) is 3.93. The molecule has 0 atom stereocenters. The molecule has 3 aromatic rings. The fraction of sp³-hybridized carbons (Fsp3) is 0.172. The fourth-order valence-electron chi connectivity index (χ4n) is 4.34. The number of pyridine rings is 2. The highest BCUT2D eigenvalue weighted by Crippen LogP contribution is 2.38. The van der Waals surface area contributed by atoms with Gasteiger partial charge in [-0.1, -0.05) is 36.9 Å². The summed E-state index contributed by atoms with van der Waals surface area (Å²) in [5, 5.41) is 12.4. The Balaban J connectivity index is 1.66. The molecule has 0 saturated carbocycles. The van der Waals surface area contributed by atoms with Gasteiger partial charge in [0.25, 0.3) is 0 Å². The molecule has 2 amide bonds. The maximum absolute atomic E-state index is 13.3. The highest BCUT2D eigenvalue weighted by molar-refractivity contribution is 6.10. The summed E-state index contributed by atoms with van der Waals surface area (Å²) in [4.78, 5) is 24.3. The van der Waals surface area contributed by atoms with E-state index in [0.29, 0.717) is 35.1 Å². The lowest BCUT2D eigenvalue weighted by Gasteiger charge is -2.33. The molecule has 1 N–H and O–H groups in total. The zero-order chi connectivity index (χ0) is 25.4. The summed E-state index contributed by atoms with van der Waals surface area (Å²) in [5.74, 6) is 0.525. The van der Waals surface area contributed by atoms with Gasteiger partial charge in [-0.2, -0.15) is 5.26 Å². The number of methoxy groups -OCH3 is 1. The molecule has 1 aliphatic carbocycles. The average molecular weight is 476 g/mol. The van der Waals surface area contributed by atoms with Gasteiger partial charge in [-0.05, 0) is 55.7 Å². The van der Waals surface area contributed by atoms with Gasteiger partial charge in [0.2, 0.25) is 5.88 Å². The number of nitriles is 1. The molecule has 2 aliphatic rings. The van der Waals surface area contributed by atoms with E-state index in [1.165, 1.54) is 0 Å². The molecule has 2 aromatic heterocycles. The second kappa shape index (κ2) is 8.82. The number of hydrogen-bond donors (Lipinski definition) is 1. The number of urea groups is 1. The maximum Gasteiger partial charge on any atom is 0.331 e. The first-order chi connectivity index (χ1) is 17.3. The lowest BCUT2D eigenvalue weighted by molar-refractivity contribution is 0.250. The number of hydrogen-bond acceptors (Lipinski definition) is 5. The van der Waals surface area contributed by atoms with Crippen LogP contribution < -0.4 is 15.0 Å². The summed E-state index contributed by atoms with van der Waals surface area (Å²) >= 11 is 0. The van der Waals surface area contributed by atoms with E-state index in [1.807, 2.05) is 62.4 Å². The van der Waals surface area contributed by atoms with Crippen molar-refractivity contribution in [1.29, 1.82) is 5.26 Å². The fourth-order valence-corrected chi connectivity index (χ4v) is 4.34. The quantitative estimate of drug-likeness (QED) is 0.536. The molecule has 178 valence electrons. The Morgan fingerprint density at radius 2 is 1.92 bits per heavy atom. The molecular weight excluding hydrogens is 450 g/mol. The number of anilines is 1. The number of aromatic nitrogens is 2. The van der Waals surface area contributed by atoms with E-state index >= 15 is 0 Å². The van der Waals surface area contributed by atoms with Gasteiger partial charge in [-0.3, -0.25) is 4.90 Å². The lowest BCUT2D eigenvalue weighted by atomic mass is 9.86. The number of rotatable bonds is 4. The number of carbonyl (C=O) groups is 1. The van der Waals surface area contributed by atoms with Crippen LogP contribution in [0.3, 0.4) is 0 Å². The van der Waals surface area contributed by atoms with Gasteiger partial charge in [-0.15, -0.1) is 0 Å². The zero-order valence-corrected chi connectivity index (χ0v) is 20.4. The van der Waals surface area contributed by atoms with Crippen LogP contribution in [0.4, 0.5) is 10.5 Å². The third-order valence-corrected chi connectivity index (χ3v) is 6.46. The molecule has 5 rings (SSSR count). The van der Waals surface area contributed by atoms with Crippen molar-refractivity contribution in [3.8, 4) is 23.2 Å². The number of ether oxygens (including phenoxy) is 1. The first-order valence-electron chi connectivity index (χ1n) is 11.6. The summed E-state index contributed by atoms with van der Waals surface area (Å²) in [6.07, 6.45) is 6.42. The van der Waals surface area contributed by atoms with Crippen molar-refractivity contribution in [3.05, 3.63) is 102 Å². The summed E-state index contributed by atoms with van der Waals surface area (Å²) < 4.78 is 5.18. The van der Waals surface area contributed by atoms with E-state index in [0.717, 1.165) is 28.0 Å². The molecule has 0 unspecified atom stereocenters. The Hall–Kier alpha value is -4.70. The Bertz CT molecular complexity index is 1480. The predicted octanol–water partition coefficient (Wildman–Crippen LogP) is 5.52. The van der Waals surface area contributed by atoms with Gasteiger partial charge in [0, 0.05) is 29.1 Å². The third-order valence-electron chi connectivity index (χ3n) is 6.46.